The van der Waals surface area contributed by atoms with Crippen LogP contribution in [0.4, 0.5) is 8.78 Å². The normalized spacial score (nSPS) is 17.7. The molecule has 0 saturated heterocycles. The standard InChI is InChI=1S/C29H22F2N2O5/c30-23-16-22(38-27(25(23)34)33-17-24(31)26(35)32-28(33)36)18-37-29(19-10-4-1-5-11-19,20-12-6-2-7-13-20)21-14-8-3-9-15-21/h1-17,22,27H,18H2,(H,32,35,36)/t22-,27+/m0/s1. The largest absolute Gasteiger partial charge is 0.358 e. The number of Topliss-reactive ketones (excluding diaryl/α,β-unsaturated/α-hetero) is 1. The molecule has 38 heavy (non-hydrogen) atoms. The fourth-order valence-electron chi connectivity index (χ4n) is 4.52. The third-order valence-corrected chi connectivity index (χ3v) is 6.28. The molecule has 0 unspecified atom stereocenters. The number of H-pyrrole nitrogens is 1. The molecule has 0 fully saturated rings. The highest BCUT2D eigenvalue weighted by Crippen LogP contribution is 2.41. The fraction of sp³-hybridized carbons (Fsp3) is 0.138. The predicted molar refractivity (Wildman–Crippen MR) is 135 cm³/mol. The van der Waals surface area contributed by atoms with Gasteiger partial charge in [0, 0.05) is 0 Å². The van der Waals surface area contributed by atoms with Crippen LogP contribution in [0.15, 0.2) is 119 Å². The van der Waals surface area contributed by atoms with Crippen LogP contribution >= 0.6 is 0 Å². The molecule has 9 heteroatoms. The molecule has 2 heterocycles. The summed E-state index contributed by atoms with van der Waals surface area (Å²) in [5.74, 6) is -3.67. The highest BCUT2D eigenvalue weighted by molar-refractivity contribution is 5.96. The number of nitrogens with zero attached hydrogens (tertiary/aromatic N) is 1. The molecule has 0 amide bonds. The Hall–Kier alpha value is -4.47. The zero-order valence-corrected chi connectivity index (χ0v) is 19.9. The van der Waals surface area contributed by atoms with E-state index in [2.05, 4.69) is 0 Å². The van der Waals surface area contributed by atoms with Crippen LogP contribution in [0.5, 0.6) is 0 Å². The second kappa shape index (κ2) is 10.5. The summed E-state index contributed by atoms with van der Waals surface area (Å²) in [6, 6.07) is 28.4. The van der Waals surface area contributed by atoms with E-state index < -0.39 is 46.6 Å². The number of nitrogens with one attached hydrogen (secondary N) is 1. The van der Waals surface area contributed by atoms with Crippen LogP contribution in [0.25, 0.3) is 0 Å². The first-order chi connectivity index (χ1) is 18.4. The molecule has 0 spiro atoms. The topological polar surface area (TPSA) is 90.4 Å². The van der Waals surface area contributed by atoms with Crippen molar-refractivity contribution in [2.75, 3.05) is 6.61 Å². The molecule has 4 aromatic rings. The number of ether oxygens (including phenoxy) is 2. The molecule has 5 rings (SSSR count). The minimum Gasteiger partial charge on any atom is -0.358 e. The number of carbonyl (C=O) groups excluding carboxylic acids is 1. The highest BCUT2D eigenvalue weighted by atomic mass is 19.1. The summed E-state index contributed by atoms with van der Waals surface area (Å²) in [7, 11) is 0. The van der Waals surface area contributed by atoms with Crippen molar-refractivity contribution >= 4 is 5.78 Å². The predicted octanol–water partition coefficient (Wildman–Crippen LogP) is 4.00. The molecule has 1 aliphatic heterocycles. The van der Waals surface area contributed by atoms with E-state index in [1.165, 1.54) is 0 Å². The molecule has 1 aliphatic rings. The number of hydrogen-bond acceptors (Lipinski definition) is 5. The first-order valence-electron chi connectivity index (χ1n) is 11.8. The molecule has 0 aliphatic carbocycles. The van der Waals surface area contributed by atoms with Crippen molar-refractivity contribution in [2.24, 2.45) is 0 Å². The molecule has 0 bridgehead atoms. The van der Waals surface area contributed by atoms with Gasteiger partial charge < -0.3 is 9.47 Å². The first kappa shape index (κ1) is 25.2. The van der Waals surface area contributed by atoms with E-state index in [0.29, 0.717) is 10.8 Å². The van der Waals surface area contributed by atoms with Crippen molar-refractivity contribution in [2.45, 2.75) is 17.9 Å². The smallest absolute Gasteiger partial charge is 0.331 e. The molecule has 192 valence electrons. The van der Waals surface area contributed by atoms with Gasteiger partial charge in [0.2, 0.25) is 17.8 Å². The van der Waals surface area contributed by atoms with Gasteiger partial charge in [0.05, 0.1) is 12.8 Å². The molecular weight excluding hydrogens is 494 g/mol. The number of ketones is 1. The van der Waals surface area contributed by atoms with Gasteiger partial charge in [-0.15, -0.1) is 0 Å². The van der Waals surface area contributed by atoms with E-state index in [1.54, 1.807) is 4.98 Å². The molecule has 1 aromatic heterocycles. The van der Waals surface area contributed by atoms with Crippen molar-refractivity contribution in [1.82, 2.24) is 9.55 Å². The van der Waals surface area contributed by atoms with Crippen molar-refractivity contribution in [1.29, 1.82) is 0 Å². The van der Waals surface area contributed by atoms with E-state index in [0.717, 1.165) is 22.8 Å². The van der Waals surface area contributed by atoms with Crippen molar-refractivity contribution in [3.63, 3.8) is 0 Å². The molecule has 0 radical (unpaired) electrons. The summed E-state index contributed by atoms with van der Waals surface area (Å²) in [6.45, 7) is -0.240. The maximum atomic E-state index is 14.8. The maximum Gasteiger partial charge on any atom is 0.331 e. The highest BCUT2D eigenvalue weighted by Gasteiger charge is 2.40. The quantitative estimate of drug-likeness (QED) is 0.375. The van der Waals surface area contributed by atoms with Gasteiger partial charge in [0.1, 0.15) is 11.7 Å². The number of rotatable bonds is 7. The summed E-state index contributed by atoms with van der Waals surface area (Å²) in [5.41, 5.74) is -1.13. The lowest BCUT2D eigenvalue weighted by atomic mass is 9.80. The monoisotopic (exact) mass is 516 g/mol. The first-order valence-corrected chi connectivity index (χ1v) is 11.8. The molecule has 0 saturated carbocycles. The van der Waals surface area contributed by atoms with Crippen LogP contribution in [-0.4, -0.2) is 28.0 Å². The minimum atomic E-state index is -1.83. The average Bonchev–Trinajstić information content (AvgIpc) is 2.95. The van der Waals surface area contributed by atoms with Gasteiger partial charge in [-0.2, -0.15) is 4.39 Å². The lowest BCUT2D eigenvalue weighted by Crippen LogP contribution is -2.43. The zero-order valence-electron chi connectivity index (χ0n) is 19.9. The summed E-state index contributed by atoms with van der Waals surface area (Å²) >= 11 is 0. The van der Waals surface area contributed by atoms with Gasteiger partial charge in [-0.25, -0.2) is 9.18 Å². The molecule has 1 N–H and O–H groups in total. The number of carbonyl (C=O) groups is 1. The number of aromatic amines is 1. The number of benzene rings is 3. The maximum absolute atomic E-state index is 14.8. The van der Waals surface area contributed by atoms with Gasteiger partial charge in [-0.05, 0) is 22.8 Å². The van der Waals surface area contributed by atoms with Crippen LogP contribution < -0.4 is 11.2 Å². The summed E-state index contributed by atoms with van der Waals surface area (Å²) < 4.78 is 41.5. The molecule has 3 aromatic carbocycles. The lowest BCUT2D eigenvalue weighted by molar-refractivity contribution is -0.148. The van der Waals surface area contributed by atoms with Crippen LogP contribution in [0.1, 0.15) is 22.9 Å². The van der Waals surface area contributed by atoms with Gasteiger partial charge in [0.15, 0.2) is 5.83 Å². The van der Waals surface area contributed by atoms with Gasteiger partial charge >= 0.3 is 5.69 Å². The Labute approximate surface area is 215 Å². The van der Waals surface area contributed by atoms with Crippen LogP contribution in [0, 0.1) is 5.82 Å². The van der Waals surface area contributed by atoms with Gasteiger partial charge in [-0.1, -0.05) is 91.0 Å². The summed E-state index contributed by atoms with van der Waals surface area (Å²) in [6.07, 6.45) is -1.48. The third-order valence-electron chi connectivity index (χ3n) is 6.28. The average molecular weight is 517 g/mol. The third kappa shape index (κ3) is 4.65. The summed E-state index contributed by atoms with van der Waals surface area (Å²) in [4.78, 5) is 37.9. The van der Waals surface area contributed by atoms with Crippen LogP contribution in [-0.2, 0) is 19.9 Å². The van der Waals surface area contributed by atoms with E-state index in [1.807, 2.05) is 91.0 Å². The Morgan fingerprint density at radius 1 is 0.816 bits per heavy atom. The second-order valence-electron chi connectivity index (χ2n) is 8.64. The Balaban J connectivity index is 1.55. The summed E-state index contributed by atoms with van der Waals surface area (Å²) in [5, 5.41) is 0. The Kier molecular flexibility index (Phi) is 6.95. The van der Waals surface area contributed by atoms with Gasteiger partial charge in [-0.3, -0.25) is 19.1 Å². The van der Waals surface area contributed by atoms with Crippen molar-refractivity contribution < 1.29 is 23.0 Å². The second-order valence-corrected chi connectivity index (χ2v) is 8.64. The Morgan fingerprint density at radius 2 is 1.32 bits per heavy atom. The van der Waals surface area contributed by atoms with E-state index in [-0.39, 0.29) is 6.61 Å². The lowest BCUT2D eigenvalue weighted by Gasteiger charge is -2.37. The Morgan fingerprint density at radius 3 is 1.82 bits per heavy atom. The minimum absolute atomic E-state index is 0.240. The number of aromatic nitrogens is 2. The van der Waals surface area contributed by atoms with Gasteiger partial charge in [0.25, 0.3) is 5.56 Å². The fourth-order valence-corrected chi connectivity index (χ4v) is 4.52. The molecule has 2 atom stereocenters. The molecule has 7 nitrogen and oxygen atoms in total. The zero-order chi connectivity index (χ0) is 26.7. The van der Waals surface area contributed by atoms with E-state index in [9.17, 15) is 23.2 Å². The Bertz CT molecular complexity index is 1490. The number of hydrogen-bond donors (Lipinski definition) is 1. The van der Waals surface area contributed by atoms with Crippen LogP contribution in [0.2, 0.25) is 0 Å². The number of halogens is 2. The van der Waals surface area contributed by atoms with E-state index in [4.69, 9.17) is 9.47 Å². The SMILES string of the molecule is O=C1C(F)=C[C@@H](COC(c2ccccc2)(c2ccccc2)c2ccccc2)O[C@H]1n1cc(F)c(=O)[nH]c1=O. The van der Waals surface area contributed by atoms with Crippen molar-refractivity contribution in [3.8, 4) is 0 Å². The van der Waals surface area contributed by atoms with Crippen LogP contribution in [0.3, 0.4) is 0 Å². The molecular formula is C29H22F2N2O5. The van der Waals surface area contributed by atoms with E-state index >= 15 is 0 Å². The van der Waals surface area contributed by atoms with Crippen molar-refractivity contribution in [3.05, 3.63) is 152 Å².